The standard InChI is InChI=1S/C27H22N2/c1-2-3-17-29-26-22-14-8-12-19-16-15-18-11-7-13-21(23(18)24(19)22)25(26)28-27(29)20-9-5-4-6-10-20/h4-16H,2-3,17H2,1H3. The van der Waals surface area contributed by atoms with Gasteiger partial charge in [0.05, 0.1) is 11.0 Å². The van der Waals surface area contributed by atoms with Crippen molar-refractivity contribution >= 4 is 43.4 Å². The number of rotatable bonds is 4. The first kappa shape index (κ1) is 16.6. The minimum Gasteiger partial charge on any atom is -0.323 e. The number of unbranched alkanes of at least 4 members (excludes halogenated alkanes) is 1. The van der Waals surface area contributed by atoms with Gasteiger partial charge in [-0.2, -0.15) is 0 Å². The second kappa shape index (κ2) is 6.31. The molecule has 0 aliphatic heterocycles. The number of hydrogen-bond acceptors (Lipinski definition) is 1. The smallest absolute Gasteiger partial charge is 0.141 e. The maximum absolute atomic E-state index is 5.25. The second-order valence-electron chi connectivity index (χ2n) is 7.88. The predicted molar refractivity (Wildman–Crippen MR) is 124 cm³/mol. The molecule has 0 aliphatic rings. The van der Waals surface area contributed by atoms with Gasteiger partial charge in [0.1, 0.15) is 5.82 Å². The Hall–Kier alpha value is -3.39. The Labute approximate surface area is 169 Å². The van der Waals surface area contributed by atoms with Crippen molar-refractivity contribution in [3.05, 3.63) is 78.9 Å². The van der Waals surface area contributed by atoms with Gasteiger partial charge < -0.3 is 4.57 Å². The maximum atomic E-state index is 5.25. The lowest BCUT2D eigenvalue weighted by Crippen LogP contribution is -2.01. The molecule has 0 unspecified atom stereocenters. The largest absolute Gasteiger partial charge is 0.323 e. The summed E-state index contributed by atoms with van der Waals surface area (Å²) in [6, 6.07) is 28.4. The molecule has 0 N–H and O–H groups in total. The van der Waals surface area contributed by atoms with E-state index in [1.165, 1.54) is 43.4 Å². The lowest BCUT2D eigenvalue weighted by Gasteiger charge is -2.14. The fourth-order valence-corrected chi connectivity index (χ4v) is 4.81. The Balaban J connectivity index is 1.86. The van der Waals surface area contributed by atoms with Crippen molar-refractivity contribution in [1.29, 1.82) is 0 Å². The van der Waals surface area contributed by atoms with Crippen molar-refractivity contribution in [2.24, 2.45) is 0 Å². The molecule has 0 saturated heterocycles. The van der Waals surface area contributed by atoms with Gasteiger partial charge in [0, 0.05) is 22.9 Å². The third-order valence-electron chi connectivity index (χ3n) is 6.13. The van der Waals surface area contributed by atoms with E-state index in [2.05, 4.69) is 90.4 Å². The minimum atomic E-state index is 0.984. The number of imidazole rings is 1. The van der Waals surface area contributed by atoms with Crippen LogP contribution in [0.4, 0.5) is 0 Å². The average Bonchev–Trinajstić information content (AvgIpc) is 3.17. The molecule has 0 atom stereocenters. The summed E-state index contributed by atoms with van der Waals surface area (Å²) in [7, 11) is 0. The summed E-state index contributed by atoms with van der Waals surface area (Å²) in [4.78, 5) is 5.25. The summed E-state index contributed by atoms with van der Waals surface area (Å²) < 4.78 is 2.46. The molecular weight excluding hydrogens is 352 g/mol. The summed E-state index contributed by atoms with van der Waals surface area (Å²) in [6.45, 7) is 3.24. The van der Waals surface area contributed by atoms with Gasteiger partial charge in [-0.05, 0) is 28.0 Å². The first-order valence-corrected chi connectivity index (χ1v) is 10.5. The van der Waals surface area contributed by atoms with Crippen LogP contribution in [-0.4, -0.2) is 9.55 Å². The Morgan fingerprint density at radius 2 is 1.41 bits per heavy atom. The quantitative estimate of drug-likeness (QED) is 0.294. The molecule has 0 saturated carbocycles. The highest BCUT2D eigenvalue weighted by atomic mass is 15.1. The molecule has 1 heterocycles. The van der Waals surface area contributed by atoms with Crippen LogP contribution < -0.4 is 0 Å². The molecule has 0 amide bonds. The summed E-state index contributed by atoms with van der Waals surface area (Å²) in [6.07, 6.45) is 2.31. The topological polar surface area (TPSA) is 17.8 Å². The molecule has 140 valence electrons. The minimum absolute atomic E-state index is 0.984. The number of aryl methyl sites for hydroxylation is 1. The van der Waals surface area contributed by atoms with E-state index in [1.807, 2.05) is 0 Å². The van der Waals surface area contributed by atoms with Crippen molar-refractivity contribution in [3.63, 3.8) is 0 Å². The van der Waals surface area contributed by atoms with Crippen LogP contribution in [0.15, 0.2) is 78.9 Å². The molecule has 1 aromatic heterocycles. The van der Waals surface area contributed by atoms with Crippen LogP contribution in [0.2, 0.25) is 0 Å². The van der Waals surface area contributed by atoms with Crippen LogP contribution in [0.1, 0.15) is 19.8 Å². The van der Waals surface area contributed by atoms with E-state index in [9.17, 15) is 0 Å². The summed E-state index contributed by atoms with van der Waals surface area (Å²) in [5.74, 6) is 1.07. The van der Waals surface area contributed by atoms with Crippen LogP contribution in [0.3, 0.4) is 0 Å². The number of nitrogens with zero attached hydrogens (tertiary/aromatic N) is 2. The molecule has 2 heteroatoms. The van der Waals surface area contributed by atoms with Gasteiger partial charge in [-0.1, -0.05) is 92.2 Å². The summed E-state index contributed by atoms with van der Waals surface area (Å²) in [5, 5.41) is 7.87. The molecule has 0 aliphatic carbocycles. The SMILES string of the molecule is CCCCn1c(-c2ccccc2)nc2c3cccc4ccc5cccc(c5c43)c21. The van der Waals surface area contributed by atoms with Crippen LogP contribution in [0.5, 0.6) is 0 Å². The molecular formula is C27H22N2. The Morgan fingerprint density at radius 3 is 2.14 bits per heavy atom. The maximum Gasteiger partial charge on any atom is 0.141 e. The average molecular weight is 374 g/mol. The van der Waals surface area contributed by atoms with Gasteiger partial charge >= 0.3 is 0 Å². The van der Waals surface area contributed by atoms with E-state index in [0.29, 0.717) is 0 Å². The normalized spacial score (nSPS) is 12.0. The molecule has 0 fully saturated rings. The van der Waals surface area contributed by atoms with Crippen molar-refractivity contribution in [2.75, 3.05) is 0 Å². The van der Waals surface area contributed by atoms with Crippen molar-refractivity contribution in [2.45, 2.75) is 26.3 Å². The van der Waals surface area contributed by atoms with Crippen LogP contribution in [-0.2, 0) is 6.54 Å². The third kappa shape index (κ3) is 2.32. The van der Waals surface area contributed by atoms with E-state index in [0.717, 1.165) is 30.7 Å². The lowest BCUT2D eigenvalue weighted by molar-refractivity contribution is 0.652. The molecule has 0 spiro atoms. The first-order valence-electron chi connectivity index (χ1n) is 10.5. The van der Waals surface area contributed by atoms with Crippen LogP contribution >= 0.6 is 0 Å². The second-order valence-corrected chi connectivity index (χ2v) is 7.88. The van der Waals surface area contributed by atoms with Crippen molar-refractivity contribution in [1.82, 2.24) is 9.55 Å². The van der Waals surface area contributed by atoms with Gasteiger partial charge in [-0.3, -0.25) is 0 Å². The van der Waals surface area contributed by atoms with Crippen LogP contribution in [0, 0.1) is 0 Å². The highest BCUT2D eigenvalue weighted by molar-refractivity contribution is 6.32. The highest BCUT2D eigenvalue weighted by Crippen LogP contribution is 2.41. The first-order chi connectivity index (χ1) is 14.4. The van der Waals surface area contributed by atoms with Gasteiger partial charge in [0.15, 0.2) is 0 Å². The van der Waals surface area contributed by atoms with E-state index in [-0.39, 0.29) is 0 Å². The van der Waals surface area contributed by atoms with E-state index in [1.54, 1.807) is 0 Å². The number of benzene rings is 5. The van der Waals surface area contributed by atoms with E-state index < -0.39 is 0 Å². The molecule has 2 nitrogen and oxygen atoms in total. The Bertz CT molecular complexity index is 1470. The number of hydrogen-bond donors (Lipinski definition) is 0. The fraction of sp³-hybridized carbons (Fsp3) is 0.148. The van der Waals surface area contributed by atoms with Gasteiger partial charge in [0.25, 0.3) is 0 Å². The van der Waals surface area contributed by atoms with Crippen molar-refractivity contribution in [3.8, 4) is 11.4 Å². The van der Waals surface area contributed by atoms with Gasteiger partial charge in [0.2, 0.25) is 0 Å². The molecule has 6 rings (SSSR count). The lowest BCUT2D eigenvalue weighted by atomic mass is 9.93. The molecule has 5 aromatic carbocycles. The van der Waals surface area contributed by atoms with Gasteiger partial charge in [-0.15, -0.1) is 0 Å². The third-order valence-corrected chi connectivity index (χ3v) is 6.13. The molecule has 6 aromatic rings. The molecule has 0 radical (unpaired) electrons. The molecule has 0 bridgehead atoms. The molecule has 29 heavy (non-hydrogen) atoms. The number of fused-ring (bicyclic) bond motifs is 3. The Morgan fingerprint density at radius 1 is 0.724 bits per heavy atom. The van der Waals surface area contributed by atoms with Crippen molar-refractivity contribution < 1.29 is 0 Å². The fourth-order valence-electron chi connectivity index (χ4n) is 4.81. The summed E-state index contributed by atoms with van der Waals surface area (Å²) >= 11 is 0. The number of aromatic nitrogens is 2. The predicted octanol–water partition coefficient (Wildman–Crippen LogP) is 7.40. The highest BCUT2D eigenvalue weighted by Gasteiger charge is 2.20. The zero-order chi connectivity index (χ0) is 19.4. The zero-order valence-corrected chi connectivity index (χ0v) is 16.5. The van der Waals surface area contributed by atoms with Crippen LogP contribution in [0.25, 0.3) is 54.7 Å². The van der Waals surface area contributed by atoms with E-state index >= 15 is 0 Å². The summed E-state index contributed by atoms with van der Waals surface area (Å²) in [5.41, 5.74) is 3.58. The zero-order valence-electron chi connectivity index (χ0n) is 16.5. The monoisotopic (exact) mass is 374 g/mol. The van der Waals surface area contributed by atoms with E-state index in [4.69, 9.17) is 4.98 Å². The Kier molecular flexibility index (Phi) is 3.60. The van der Waals surface area contributed by atoms with Gasteiger partial charge in [-0.25, -0.2) is 4.98 Å².